The summed E-state index contributed by atoms with van der Waals surface area (Å²) in [5.41, 5.74) is 3.79. The lowest BCUT2D eigenvalue weighted by Gasteiger charge is -2.08. The summed E-state index contributed by atoms with van der Waals surface area (Å²) in [6, 6.07) is 14.1. The molecule has 0 saturated heterocycles. The summed E-state index contributed by atoms with van der Waals surface area (Å²) in [4.78, 5) is 0. The average molecular weight is 255 g/mol. The quantitative estimate of drug-likeness (QED) is 0.869. The van der Waals surface area contributed by atoms with Gasteiger partial charge < -0.3 is 5.32 Å². The zero-order valence-electron chi connectivity index (χ0n) is 11.1. The second kappa shape index (κ2) is 5.14. The van der Waals surface area contributed by atoms with E-state index in [0.29, 0.717) is 11.6 Å². The molecular weight excluding hydrogens is 237 g/mol. The minimum Gasteiger partial charge on any atom is -0.310 e. The van der Waals surface area contributed by atoms with Crippen molar-refractivity contribution < 1.29 is 4.39 Å². The van der Waals surface area contributed by atoms with Crippen LogP contribution in [-0.4, -0.2) is 6.04 Å². The lowest BCUT2D eigenvalue weighted by atomic mass is 10.0. The maximum Gasteiger partial charge on any atom is 0.131 e. The molecule has 1 saturated carbocycles. The maximum atomic E-state index is 14.2. The topological polar surface area (TPSA) is 12.0 Å². The van der Waals surface area contributed by atoms with E-state index in [1.54, 1.807) is 6.07 Å². The van der Waals surface area contributed by atoms with Crippen LogP contribution in [0.25, 0.3) is 11.1 Å². The van der Waals surface area contributed by atoms with Crippen molar-refractivity contribution in [2.45, 2.75) is 32.4 Å². The van der Waals surface area contributed by atoms with Crippen molar-refractivity contribution in [2.24, 2.45) is 0 Å². The first-order valence-electron chi connectivity index (χ1n) is 6.81. The first-order valence-corrected chi connectivity index (χ1v) is 6.81. The van der Waals surface area contributed by atoms with Crippen LogP contribution in [-0.2, 0) is 6.54 Å². The van der Waals surface area contributed by atoms with Crippen LogP contribution in [0.2, 0.25) is 0 Å². The van der Waals surface area contributed by atoms with Crippen molar-refractivity contribution in [3.63, 3.8) is 0 Å². The normalized spacial score (nSPS) is 14.6. The van der Waals surface area contributed by atoms with E-state index in [1.807, 2.05) is 43.3 Å². The molecule has 1 N–H and O–H groups in total. The van der Waals surface area contributed by atoms with Crippen LogP contribution in [0.1, 0.15) is 24.0 Å². The van der Waals surface area contributed by atoms with E-state index in [2.05, 4.69) is 5.32 Å². The molecule has 0 radical (unpaired) electrons. The Kier molecular flexibility index (Phi) is 3.34. The van der Waals surface area contributed by atoms with Gasteiger partial charge in [-0.2, -0.15) is 0 Å². The Labute approximate surface area is 113 Å². The largest absolute Gasteiger partial charge is 0.310 e. The lowest BCUT2D eigenvalue weighted by Crippen LogP contribution is -2.15. The smallest absolute Gasteiger partial charge is 0.131 e. The minimum absolute atomic E-state index is 0.138. The van der Waals surface area contributed by atoms with Gasteiger partial charge >= 0.3 is 0 Å². The molecule has 1 aliphatic rings. The van der Waals surface area contributed by atoms with Gasteiger partial charge in [0, 0.05) is 18.2 Å². The minimum atomic E-state index is -0.138. The first-order chi connectivity index (χ1) is 9.22. The van der Waals surface area contributed by atoms with E-state index in [-0.39, 0.29) is 5.82 Å². The van der Waals surface area contributed by atoms with Gasteiger partial charge in [-0.05, 0) is 37.0 Å². The highest BCUT2D eigenvalue weighted by molar-refractivity contribution is 5.65. The van der Waals surface area contributed by atoms with E-state index >= 15 is 0 Å². The van der Waals surface area contributed by atoms with Gasteiger partial charge in [0.1, 0.15) is 5.82 Å². The maximum absolute atomic E-state index is 14.2. The van der Waals surface area contributed by atoms with Crippen LogP contribution in [0.3, 0.4) is 0 Å². The predicted molar refractivity (Wildman–Crippen MR) is 76.4 cm³/mol. The van der Waals surface area contributed by atoms with Crippen molar-refractivity contribution >= 4 is 0 Å². The SMILES string of the molecule is Cc1cccc(-c2ccc(CNC3CC3)cc2F)c1. The van der Waals surface area contributed by atoms with E-state index in [9.17, 15) is 4.39 Å². The molecule has 2 heteroatoms. The van der Waals surface area contributed by atoms with Crippen LogP contribution in [0.4, 0.5) is 4.39 Å². The molecular formula is C17H18FN. The third-order valence-electron chi connectivity index (χ3n) is 3.53. The summed E-state index contributed by atoms with van der Waals surface area (Å²) in [6.45, 7) is 2.78. The molecule has 0 amide bonds. The van der Waals surface area contributed by atoms with Crippen molar-refractivity contribution in [3.8, 4) is 11.1 Å². The summed E-state index contributed by atoms with van der Waals surface area (Å²) in [5, 5.41) is 3.40. The lowest BCUT2D eigenvalue weighted by molar-refractivity contribution is 0.623. The molecule has 1 fully saturated rings. The van der Waals surface area contributed by atoms with E-state index in [4.69, 9.17) is 0 Å². The Morgan fingerprint density at radius 2 is 2.00 bits per heavy atom. The van der Waals surface area contributed by atoms with Gasteiger partial charge in [0.05, 0.1) is 0 Å². The molecule has 0 atom stereocenters. The molecule has 0 aliphatic heterocycles. The second-order valence-electron chi connectivity index (χ2n) is 5.34. The number of halogens is 1. The van der Waals surface area contributed by atoms with Crippen molar-refractivity contribution in [2.75, 3.05) is 0 Å². The van der Waals surface area contributed by atoms with Gasteiger partial charge in [0.2, 0.25) is 0 Å². The van der Waals surface area contributed by atoms with Crippen molar-refractivity contribution in [1.29, 1.82) is 0 Å². The zero-order chi connectivity index (χ0) is 13.2. The first kappa shape index (κ1) is 12.4. The standard InChI is InChI=1S/C17H18FN/c1-12-3-2-4-14(9-12)16-8-5-13(10-17(16)18)11-19-15-6-7-15/h2-5,8-10,15,19H,6-7,11H2,1H3. The summed E-state index contributed by atoms with van der Waals surface area (Å²) in [5.74, 6) is -0.138. The second-order valence-corrected chi connectivity index (χ2v) is 5.34. The van der Waals surface area contributed by atoms with Crippen LogP contribution in [0.5, 0.6) is 0 Å². The Morgan fingerprint density at radius 1 is 1.16 bits per heavy atom. The number of hydrogen-bond acceptors (Lipinski definition) is 1. The van der Waals surface area contributed by atoms with Crippen LogP contribution in [0, 0.1) is 12.7 Å². The fraction of sp³-hybridized carbons (Fsp3) is 0.294. The van der Waals surface area contributed by atoms with Crippen LogP contribution in [0.15, 0.2) is 42.5 Å². The third-order valence-corrected chi connectivity index (χ3v) is 3.53. The summed E-state index contributed by atoms with van der Waals surface area (Å²) < 4.78 is 14.2. The highest BCUT2D eigenvalue weighted by Crippen LogP contribution is 2.25. The summed E-state index contributed by atoms with van der Waals surface area (Å²) >= 11 is 0. The van der Waals surface area contributed by atoms with Gasteiger partial charge in [-0.3, -0.25) is 0 Å². The van der Waals surface area contributed by atoms with E-state index in [0.717, 1.165) is 23.2 Å². The molecule has 1 aliphatic carbocycles. The van der Waals surface area contributed by atoms with Gasteiger partial charge in [-0.25, -0.2) is 4.39 Å². The molecule has 0 bridgehead atoms. The molecule has 2 aromatic carbocycles. The number of benzene rings is 2. The predicted octanol–water partition coefficient (Wildman–Crippen LogP) is 4.05. The molecule has 19 heavy (non-hydrogen) atoms. The molecule has 0 spiro atoms. The molecule has 1 nitrogen and oxygen atoms in total. The Hall–Kier alpha value is -1.67. The van der Waals surface area contributed by atoms with E-state index < -0.39 is 0 Å². The molecule has 98 valence electrons. The van der Waals surface area contributed by atoms with Crippen molar-refractivity contribution in [3.05, 3.63) is 59.4 Å². The Bertz CT molecular complexity index is 588. The number of hydrogen-bond donors (Lipinski definition) is 1. The zero-order valence-corrected chi connectivity index (χ0v) is 11.1. The van der Waals surface area contributed by atoms with Gasteiger partial charge in [-0.15, -0.1) is 0 Å². The van der Waals surface area contributed by atoms with Crippen molar-refractivity contribution in [1.82, 2.24) is 5.32 Å². The van der Waals surface area contributed by atoms with Gasteiger partial charge in [-0.1, -0.05) is 42.0 Å². The molecule has 0 aromatic heterocycles. The fourth-order valence-corrected chi connectivity index (χ4v) is 2.26. The Balaban J connectivity index is 1.82. The Morgan fingerprint density at radius 3 is 2.68 bits per heavy atom. The highest BCUT2D eigenvalue weighted by Gasteiger charge is 2.20. The third kappa shape index (κ3) is 3.02. The highest BCUT2D eigenvalue weighted by atomic mass is 19.1. The van der Waals surface area contributed by atoms with Gasteiger partial charge in [0.15, 0.2) is 0 Å². The average Bonchev–Trinajstić information content (AvgIpc) is 3.20. The molecule has 0 unspecified atom stereocenters. The molecule has 3 rings (SSSR count). The van der Waals surface area contributed by atoms with E-state index in [1.165, 1.54) is 12.8 Å². The number of rotatable bonds is 4. The monoisotopic (exact) mass is 255 g/mol. The fourth-order valence-electron chi connectivity index (χ4n) is 2.26. The molecule has 2 aromatic rings. The van der Waals surface area contributed by atoms with Crippen LogP contribution >= 0.6 is 0 Å². The number of nitrogens with one attached hydrogen (secondary N) is 1. The number of aryl methyl sites for hydroxylation is 1. The summed E-state index contributed by atoms with van der Waals surface area (Å²) in [7, 11) is 0. The summed E-state index contributed by atoms with van der Waals surface area (Å²) in [6.07, 6.45) is 2.51. The molecule has 0 heterocycles. The van der Waals surface area contributed by atoms with Gasteiger partial charge in [0.25, 0.3) is 0 Å². The van der Waals surface area contributed by atoms with Crippen LogP contribution < -0.4 is 5.32 Å².